The monoisotopic (exact) mass is 432 g/mol. The highest BCUT2D eigenvalue weighted by atomic mass is 16.5. The fraction of sp³-hybridized carbons (Fsp3) is 0.652. The van der Waals surface area contributed by atoms with Gasteiger partial charge in [-0.15, -0.1) is 0 Å². The zero-order valence-corrected chi connectivity index (χ0v) is 18.9. The van der Waals surface area contributed by atoms with Crippen molar-refractivity contribution < 1.29 is 19.4 Å². The van der Waals surface area contributed by atoms with Crippen LogP contribution in [0.25, 0.3) is 0 Å². The molecular formula is C23H36N4O4. The maximum Gasteiger partial charge on any atom is 0.225 e. The number of hydrogen-bond donors (Lipinski definition) is 3. The van der Waals surface area contributed by atoms with Gasteiger partial charge in [-0.3, -0.25) is 9.79 Å². The lowest BCUT2D eigenvalue weighted by molar-refractivity contribution is -0.134. The van der Waals surface area contributed by atoms with Crippen molar-refractivity contribution in [2.75, 3.05) is 40.4 Å². The van der Waals surface area contributed by atoms with E-state index in [1.165, 1.54) is 12.8 Å². The van der Waals surface area contributed by atoms with Crippen LogP contribution in [-0.4, -0.2) is 68.3 Å². The van der Waals surface area contributed by atoms with Crippen LogP contribution in [0.1, 0.15) is 50.7 Å². The van der Waals surface area contributed by atoms with Gasteiger partial charge in [-0.1, -0.05) is 12.8 Å². The Morgan fingerprint density at radius 2 is 1.87 bits per heavy atom. The number of aliphatic hydroxyl groups is 1. The van der Waals surface area contributed by atoms with Crippen LogP contribution in [0, 0.1) is 5.92 Å². The first-order valence-corrected chi connectivity index (χ1v) is 11.3. The molecule has 1 aromatic rings. The number of likely N-dealkylation sites (tertiary alicyclic amines) is 1. The van der Waals surface area contributed by atoms with Crippen molar-refractivity contribution in [3.63, 3.8) is 0 Å². The lowest BCUT2D eigenvalue weighted by atomic mass is 10.1. The SMILES string of the molecule is CCNC(=NCC(O)c1cc(OC)cc(OC)c1)NC1CCN(C(=O)C2CCCC2)C1. The molecule has 1 aliphatic heterocycles. The summed E-state index contributed by atoms with van der Waals surface area (Å²) < 4.78 is 10.6. The Morgan fingerprint density at radius 3 is 2.48 bits per heavy atom. The molecule has 2 unspecified atom stereocenters. The average molecular weight is 433 g/mol. The molecule has 2 fully saturated rings. The minimum atomic E-state index is -0.788. The highest BCUT2D eigenvalue weighted by Gasteiger charge is 2.32. The number of aliphatic hydroxyl groups excluding tert-OH is 1. The Hall–Kier alpha value is -2.48. The molecule has 1 aliphatic carbocycles. The van der Waals surface area contributed by atoms with Gasteiger partial charge in [-0.2, -0.15) is 0 Å². The molecule has 8 heteroatoms. The van der Waals surface area contributed by atoms with Gasteiger partial charge in [0.15, 0.2) is 5.96 Å². The van der Waals surface area contributed by atoms with Gasteiger partial charge in [0, 0.05) is 37.7 Å². The topological polar surface area (TPSA) is 95.4 Å². The lowest BCUT2D eigenvalue weighted by Gasteiger charge is -2.21. The first kappa shape index (κ1) is 23.2. The third-order valence-corrected chi connectivity index (χ3v) is 6.07. The lowest BCUT2D eigenvalue weighted by Crippen LogP contribution is -2.45. The van der Waals surface area contributed by atoms with E-state index in [0.717, 1.165) is 25.8 Å². The maximum absolute atomic E-state index is 12.7. The average Bonchev–Trinajstić information content (AvgIpc) is 3.49. The van der Waals surface area contributed by atoms with Gasteiger partial charge in [0.25, 0.3) is 0 Å². The van der Waals surface area contributed by atoms with Gasteiger partial charge in [0.1, 0.15) is 11.5 Å². The summed E-state index contributed by atoms with van der Waals surface area (Å²) in [6, 6.07) is 5.50. The van der Waals surface area contributed by atoms with Crippen LogP contribution in [0.4, 0.5) is 0 Å². The molecule has 172 valence electrons. The molecule has 1 saturated heterocycles. The number of rotatable bonds is 8. The van der Waals surface area contributed by atoms with E-state index in [0.29, 0.717) is 42.0 Å². The van der Waals surface area contributed by atoms with Crippen molar-refractivity contribution in [3.8, 4) is 11.5 Å². The summed E-state index contributed by atoms with van der Waals surface area (Å²) in [5.41, 5.74) is 0.685. The minimum Gasteiger partial charge on any atom is -0.497 e. The van der Waals surface area contributed by atoms with Crippen LogP contribution < -0.4 is 20.1 Å². The number of ether oxygens (including phenoxy) is 2. The van der Waals surface area contributed by atoms with Crippen molar-refractivity contribution in [2.24, 2.45) is 10.9 Å². The number of benzene rings is 1. The molecule has 3 N–H and O–H groups in total. The van der Waals surface area contributed by atoms with Crippen LogP contribution in [0.3, 0.4) is 0 Å². The third-order valence-electron chi connectivity index (χ3n) is 6.07. The molecule has 2 atom stereocenters. The van der Waals surface area contributed by atoms with Crippen LogP contribution in [0.15, 0.2) is 23.2 Å². The fourth-order valence-electron chi connectivity index (χ4n) is 4.33. The number of guanidine groups is 1. The molecule has 1 heterocycles. The largest absolute Gasteiger partial charge is 0.497 e. The highest BCUT2D eigenvalue weighted by Crippen LogP contribution is 2.28. The van der Waals surface area contributed by atoms with Crippen LogP contribution in [0.2, 0.25) is 0 Å². The first-order valence-electron chi connectivity index (χ1n) is 11.3. The summed E-state index contributed by atoms with van der Waals surface area (Å²) >= 11 is 0. The number of aliphatic imine (C=N–C) groups is 1. The summed E-state index contributed by atoms with van der Waals surface area (Å²) in [6.07, 6.45) is 4.52. The molecular weight excluding hydrogens is 396 g/mol. The number of carbonyl (C=O) groups is 1. The van der Waals surface area contributed by atoms with Crippen molar-refractivity contribution in [1.82, 2.24) is 15.5 Å². The molecule has 8 nitrogen and oxygen atoms in total. The minimum absolute atomic E-state index is 0.164. The summed E-state index contributed by atoms with van der Waals surface area (Å²) in [4.78, 5) is 19.2. The predicted octanol–water partition coefficient (Wildman–Crippen LogP) is 2.08. The van der Waals surface area contributed by atoms with Gasteiger partial charge in [-0.25, -0.2) is 0 Å². The van der Waals surface area contributed by atoms with E-state index in [4.69, 9.17) is 9.47 Å². The second-order valence-corrected chi connectivity index (χ2v) is 8.28. The standard InChI is InChI=1S/C23H36N4O4/c1-4-24-23(25-14-21(28)17-11-19(30-2)13-20(12-17)31-3)26-18-9-10-27(15-18)22(29)16-7-5-6-8-16/h11-13,16,18,21,28H,4-10,14-15H2,1-3H3,(H2,24,25,26). The third kappa shape index (κ3) is 6.26. The maximum atomic E-state index is 12.7. The number of nitrogens with zero attached hydrogens (tertiary/aromatic N) is 2. The Bertz CT molecular complexity index is 742. The molecule has 1 amide bonds. The number of nitrogens with one attached hydrogen (secondary N) is 2. The Morgan fingerprint density at radius 1 is 1.19 bits per heavy atom. The number of methoxy groups -OCH3 is 2. The number of hydrogen-bond acceptors (Lipinski definition) is 5. The molecule has 31 heavy (non-hydrogen) atoms. The second-order valence-electron chi connectivity index (χ2n) is 8.28. The number of carbonyl (C=O) groups excluding carboxylic acids is 1. The summed E-state index contributed by atoms with van der Waals surface area (Å²) in [5.74, 6) is 2.43. The Balaban J connectivity index is 1.58. The van der Waals surface area contributed by atoms with E-state index in [1.807, 2.05) is 11.8 Å². The van der Waals surface area contributed by atoms with Gasteiger partial charge in [-0.05, 0) is 43.9 Å². The molecule has 2 aliphatic rings. The molecule has 0 bridgehead atoms. The smallest absolute Gasteiger partial charge is 0.225 e. The quantitative estimate of drug-likeness (QED) is 0.430. The van der Waals surface area contributed by atoms with Gasteiger partial charge >= 0.3 is 0 Å². The van der Waals surface area contributed by atoms with E-state index in [2.05, 4.69) is 15.6 Å². The van der Waals surface area contributed by atoms with Crippen molar-refractivity contribution in [2.45, 2.75) is 51.2 Å². The zero-order chi connectivity index (χ0) is 22.2. The summed E-state index contributed by atoms with van der Waals surface area (Å²) in [5, 5.41) is 17.3. The molecule has 3 rings (SSSR count). The van der Waals surface area contributed by atoms with Gasteiger partial charge in [0.05, 0.1) is 26.9 Å². The van der Waals surface area contributed by atoms with Crippen molar-refractivity contribution in [3.05, 3.63) is 23.8 Å². The summed E-state index contributed by atoms with van der Waals surface area (Å²) in [7, 11) is 3.16. The molecule has 1 aromatic carbocycles. The zero-order valence-electron chi connectivity index (χ0n) is 18.9. The van der Waals surface area contributed by atoms with E-state index in [1.54, 1.807) is 32.4 Å². The van der Waals surface area contributed by atoms with Crippen molar-refractivity contribution >= 4 is 11.9 Å². The molecule has 0 radical (unpaired) electrons. The van der Waals surface area contributed by atoms with Crippen LogP contribution in [0.5, 0.6) is 11.5 Å². The fourth-order valence-corrected chi connectivity index (χ4v) is 4.33. The van der Waals surface area contributed by atoms with Crippen LogP contribution >= 0.6 is 0 Å². The van der Waals surface area contributed by atoms with Crippen LogP contribution in [-0.2, 0) is 4.79 Å². The van der Waals surface area contributed by atoms with E-state index in [-0.39, 0.29) is 18.5 Å². The van der Waals surface area contributed by atoms with Crippen molar-refractivity contribution in [1.29, 1.82) is 0 Å². The van der Waals surface area contributed by atoms with Gasteiger partial charge in [0.2, 0.25) is 5.91 Å². The van der Waals surface area contributed by atoms with E-state index < -0.39 is 6.10 Å². The van der Waals surface area contributed by atoms with E-state index in [9.17, 15) is 9.90 Å². The van der Waals surface area contributed by atoms with Gasteiger partial charge < -0.3 is 30.1 Å². The second kappa shape index (κ2) is 11.2. The Kier molecular flexibility index (Phi) is 8.40. The number of amides is 1. The Labute approximate surface area is 185 Å². The molecule has 1 saturated carbocycles. The first-order chi connectivity index (χ1) is 15.0. The van der Waals surface area contributed by atoms with E-state index >= 15 is 0 Å². The predicted molar refractivity (Wildman–Crippen MR) is 121 cm³/mol. The summed E-state index contributed by atoms with van der Waals surface area (Å²) in [6.45, 7) is 4.41. The highest BCUT2D eigenvalue weighted by molar-refractivity contribution is 5.81. The normalized spacial score (nSPS) is 20.6. The molecule has 0 spiro atoms. The molecule has 0 aromatic heterocycles.